The van der Waals surface area contributed by atoms with Crippen molar-refractivity contribution in [3.8, 4) is 0 Å². The van der Waals surface area contributed by atoms with Gasteiger partial charge in [-0.25, -0.2) is 4.98 Å². The Kier molecular flexibility index (Phi) is 3.63. The van der Waals surface area contributed by atoms with E-state index in [1.54, 1.807) is 0 Å². The Morgan fingerprint density at radius 2 is 1.69 bits per heavy atom. The fourth-order valence-corrected chi connectivity index (χ4v) is 2.10. The fourth-order valence-electron chi connectivity index (χ4n) is 1.24. The normalized spacial score (nSPS) is 10.5. The Morgan fingerprint density at radius 1 is 1.15 bits per heavy atom. The second-order valence-corrected chi connectivity index (χ2v) is 3.91. The van der Waals surface area contributed by atoms with Crippen molar-refractivity contribution in [3.63, 3.8) is 0 Å². The summed E-state index contributed by atoms with van der Waals surface area (Å²) in [6.07, 6.45) is 0. The van der Waals surface area contributed by atoms with E-state index in [0.29, 0.717) is 0 Å². The van der Waals surface area contributed by atoms with E-state index < -0.39 is 0 Å². The molecular formula is C9H12INO2. The third-order valence-corrected chi connectivity index (χ3v) is 3.08. The summed E-state index contributed by atoms with van der Waals surface area (Å²) in [4.78, 5) is 4.27. The molecule has 4 heteroatoms. The van der Waals surface area contributed by atoms with Crippen LogP contribution in [0.4, 0.5) is 0 Å². The molecule has 0 unspecified atom stereocenters. The van der Waals surface area contributed by atoms with Gasteiger partial charge >= 0.3 is 0 Å². The van der Waals surface area contributed by atoms with Crippen molar-refractivity contribution in [2.24, 2.45) is 0 Å². The lowest BCUT2D eigenvalue weighted by Crippen LogP contribution is -2.05. The van der Waals surface area contributed by atoms with E-state index in [1.165, 1.54) is 0 Å². The van der Waals surface area contributed by atoms with Gasteiger partial charge in [-0.1, -0.05) is 0 Å². The Balaban J connectivity index is 3.41. The zero-order valence-corrected chi connectivity index (χ0v) is 9.79. The number of aryl methyl sites for hydroxylation is 1. The molecule has 0 atom stereocenters. The molecule has 0 aromatic carbocycles. The number of rotatable bonds is 2. The average Bonchev–Trinajstić information content (AvgIpc) is 2.10. The third-order valence-electron chi connectivity index (χ3n) is 2.19. The van der Waals surface area contributed by atoms with Crippen LogP contribution >= 0.6 is 22.6 Å². The third kappa shape index (κ3) is 2.00. The van der Waals surface area contributed by atoms with E-state index in [1.807, 2.05) is 13.8 Å². The molecule has 2 N–H and O–H groups in total. The summed E-state index contributed by atoms with van der Waals surface area (Å²) in [5.41, 5.74) is 3.42. The Bertz CT molecular complexity index is 326. The SMILES string of the molecule is Cc1nc(I)c(CO)c(CO)c1C. The van der Waals surface area contributed by atoms with Crippen LogP contribution in [-0.4, -0.2) is 15.2 Å². The molecule has 0 aliphatic heterocycles. The maximum absolute atomic E-state index is 9.14. The van der Waals surface area contributed by atoms with Crippen molar-refractivity contribution < 1.29 is 10.2 Å². The first-order chi connectivity index (χ1) is 6.11. The minimum Gasteiger partial charge on any atom is -0.392 e. The summed E-state index contributed by atoms with van der Waals surface area (Å²) in [5.74, 6) is 0. The number of aromatic nitrogens is 1. The average molecular weight is 293 g/mol. The molecule has 0 fully saturated rings. The largest absolute Gasteiger partial charge is 0.392 e. The maximum atomic E-state index is 9.14. The Labute approximate surface area is 91.0 Å². The summed E-state index contributed by atoms with van der Waals surface area (Å²) in [6.45, 7) is 3.70. The van der Waals surface area contributed by atoms with Crippen LogP contribution < -0.4 is 0 Å². The molecule has 72 valence electrons. The molecule has 0 saturated heterocycles. The highest BCUT2D eigenvalue weighted by atomic mass is 127. The Hall–Kier alpha value is -0.200. The van der Waals surface area contributed by atoms with Gasteiger partial charge in [-0.3, -0.25) is 0 Å². The van der Waals surface area contributed by atoms with E-state index >= 15 is 0 Å². The highest BCUT2D eigenvalue weighted by molar-refractivity contribution is 14.1. The van der Waals surface area contributed by atoms with E-state index in [9.17, 15) is 0 Å². The molecule has 0 amide bonds. The van der Waals surface area contributed by atoms with E-state index in [-0.39, 0.29) is 13.2 Å². The standard InChI is InChI=1S/C9H12INO2/c1-5-6(2)11-9(10)8(4-13)7(5)3-12/h12-13H,3-4H2,1-2H3. The van der Waals surface area contributed by atoms with Crippen LogP contribution in [0.15, 0.2) is 0 Å². The summed E-state index contributed by atoms with van der Waals surface area (Å²) in [5, 5.41) is 18.2. The molecule has 1 aromatic heterocycles. The molecule has 0 saturated carbocycles. The molecule has 1 heterocycles. The number of nitrogens with zero attached hydrogens (tertiary/aromatic N) is 1. The van der Waals surface area contributed by atoms with E-state index in [0.717, 1.165) is 26.1 Å². The second kappa shape index (κ2) is 4.34. The predicted molar refractivity (Wildman–Crippen MR) is 58.3 cm³/mol. The molecule has 0 spiro atoms. The first kappa shape index (κ1) is 10.9. The van der Waals surface area contributed by atoms with Crippen molar-refractivity contribution >= 4 is 22.6 Å². The van der Waals surface area contributed by atoms with Gasteiger partial charge in [0.1, 0.15) is 3.70 Å². The number of pyridine rings is 1. The van der Waals surface area contributed by atoms with Crippen LogP contribution in [0.5, 0.6) is 0 Å². The smallest absolute Gasteiger partial charge is 0.107 e. The molecular weight excluding hydrogens is 281 g/mol. The number of hydrogen-bond donors (Lipinski definition) is 2. The highest BCUT2D eigenvalue weighted by Crippen LogP contribution is 2.21. The van der Waals surface area contributed by atoms with Crippen LogP contribution in [0.2, 0.25) is 0 Å². The van der Waals surface area contributed by atoms with Gasteiger partial charge in [0.05, 0.1) is 13.2 Å². The minimum absolute atomic E-state index is 0.0406. The van der Waals surface area contributed by atoms with E-state index in [2.05, 4.69) is 27.6 Å². The van der Waals surface area contributed by atoms with Crippen LogP contribution in [0, 0.1) is 17.5 Å². The quantitative estimate of drug-likeness (QED) is 0.638. The predicted octanol–water partition coefficient (Wildman–Crippen LogP) is 1.29. The molecule has 13 heavy (non-hydrogen) atoms. The van der Waals surface area contributed by atoms with Crippen LogP contribution in [-0.2, 0) is 13.2 Å². The fraction of sp³-hybridized carbons (Fsp3) is 0.444. The van der Waals surface area contributed by atoms with Crippen molar-refractivity contribution in [1.29, 1.82) is 0 Å². The zero-order chi connectivity index (χ0) is 10.0. The van der Waals surface area contributed by atoms with Crippen LogP contribution in [0.3, 0.4) is 0 Å². The van der Waals surface area contributed by atoms with E-state index in [4.69, 9.17) is 10.2 Å². The van der Waals surface area contributed by atoms with Crippen molar-refractivity contribution in [2.75, 3.05) is 0 Å². The van der Waals surface area contributed by atoms with Gasteiger partial charge < -0.3 is 10.2 Å². The molecule has 3 nitrogen and oxygen atoms in total. The monoisotopic (exact) mass is 293 g/mol. The maximum Gasteiger partial charge on any atom is 0.107 e. The lowest BCUT2D eigenvalue weighted by molar-refractivity contribution is 0.258. The van der Waals surface area contributed by atoms with Gasteiger partial charge in [-0.05, 0) is 47.6 Å². The molecule has 0 radical (unpaired) electrons. The van der Waals surface area contributed by atoms with Gasteiger partial charge in [0.15, 0.2) is 0 Å². The van der Waals surface area contributed by atoms with Gasteiger partial charge in [0.25, 0.3) is 0 Å². The topological polar surface area (TPSA) is 53.4 Å². The summed E-state index contributed by atoms with van der Waals surface area (Å²) < 4.78 is 0.771. The van der Waals surface area contributed by atoms with Crippen LogP contribution in [0.25, 0.3) is 0 Å². The molecule has 0 aliphatic carbocycles. The van der Waals surface area contributed by atoms with Gasteiger partial charge in [-0.15, -0.1) is 0 Å². The zero-order valence-electron chi connectivity index (χ0n) is 7.63. The summed E-state index contributed by atoms with van der Waals surface area (Å²) >= 11 is 2.07. The molecule has 1 aromatic rings. The highest BCUT2D eigenvalue weighted by Gasteiger charge is 2.11. The molecule has 0 bridgehead atoms. The van der Waals surface area contributed by atoms with Crippen LogP contribution in [0.1, 0.15) is 22.4 Å². The van der Waals surface area contributed by atoms with Crippen molar-refractivity contribution in [1.82, 2.24) is 4.98 Å². The van der Waals surface area contributed by atoms with Gasteiger partial charge in [0, 0.05) is 11.3 Å². The van der Waals surface area contributed by atoms with Crippen molar-refractivity contribution in [3.05, 3.63) is 26.1 Å². The lowest BCUT2D eigenvalue weighted by atomic mass is 10.0. The number of aliphatic hydroxyl groups excluding tert-OH is 2. The van der Waals surface area contributed by atoms with Crippen molar-refractivity contribution in [2.45, 2.75) is 27.1 Å². The Morgan fingerprint density at radius 3 is 2.15 bits per heavy atom. The minimum atomic E-state index is -0.0672. The molecule has 1 rings (SSSR count). The molecule has 0 aliphatic rings. The first-order valence-corrected chi connectivity index (χ1v) is 5.05. The number of halogens is 1. The number of hydrogen-bond acceptors (Lipinski definition) is 3. The van der Waals surface area contributed by atoms with Gasteiger partial charge in [-0.2, -0.15) is 0 Å². The lowest BCUT2D eigenvalue weighted by Gasteiger charge is -2.12. The summed E-state index contributed by atoms with van der Waals surface area (Å²) in [6, 6.07) is 0. The summed E-state index contributed by atoms with van der Waals surface area (Å²) in [7, 11) is 0. The second-order valence-electron chi connectivity index (χ2n) is 2.89. The first-order valence-electron chi connectivity index (χ1n) is 3.98. The number of aliphatic hydroxyl groups is 2. The van der Waals surface area contributed by atoms with Gasteiger partial charge in [0.2, 0.25) is 0 Å².